The number of hydrogen-bond acceptors (Lipinski definition) is 3. The number of hydrogen-bond donors (Lipinski definition) is 1. The van der Waals surface area contributed by atoms with Crippen molar-refractivity contribution in [2.75, 3.05) is 13.2 Å². The topological polar surface area (TPSA) is 55.4 Å². The van der Waals surface area contributed by atoms with E-state index in [-0.39, 0.29) is 18.3 Å². The normalized spacial score (nSPS) is 10.0. The first kappa shape index (κ1) is 15.9. The smallest absolute Gasteiger partial charge is 0.307 e. The summed E-state index contributed by atoms with van der Waals surface area (Å²) in [6.07, 6.45) is 6.52. The molecule has 1 N–H and O–H groups in total. The number of nitrogens with one attached hydrogen (secondary N) is 1. The fourth-order valence-electron chi connectivity index (χ4n) is 1.51. The van der Waals surface area contributed by atoms with Crippen molar-refractivity contribution in [1.29, 1.82) is 0 Å². The predicted octanol–water partition coefficient (Wildman–Crippen LogP) is 2.42. The molecular formula is C13H25NO3. The second-order valence-electron chi connectivity index (χ2n) is 4.07. The van der Waals surface area contributed by atoms with Crippen LogP contribution in [0.2, 0.25) is 0 Å². The number of amides is 1. The lowest BCUT2D eigenvalue weighted by molar-refractivity contribution is -0.143. The molecule has 0 aromatic carbocycles. The maximum Gasteiger partial charge on any atom is 0.307 e. The summed E-state index contributed by atoms with van der Waals surface area (Å²) in [5, 5.41) is 2.72. The molecule has 0 radical (unpaired) electrons. The average Bonchev–Trinajstić information content (AvgIpc) is 2.29. The van der Waals surface area contributed by atoms with Crippen LogP contribution in [0.5, 0.6) is 0 Å². The zero-order valence-electron chi connectivity index (χ0n) is 11.1. The molecular weight excluding hydrogens is 218 g/mol. The largest absolute Gasteiger partial charge is 0.466 e. The van der Waals surface area contributed by atoms with Crippen molar-refractivity contribution >= 4 is 11.9 Å². The van der Waals surface area contributed by atoms with Gasteiger partial charge in [-0.3, -0.25) is 9.59 Å². The second-order valence-corrected chi connectivity index (χ2v) is 4.07. The molecule has 0 aliphatic carbocycles. The molecule has 100 valence electrons. The lowest BCUT2D eigenvalue weighted by Gasteiger charge is -2.05. The second kappa shape index (κ2) is 11.4. The fourth-order valence-corrected chi connectivity index (χ4v) is 1.51. The Kier molecular flexibility index (Phi) is 10.7. The minimum Gasteiger partial charge on any atom is -0.466 e. The zero-order valence-corrected chi connectivity index (χ0v) is 11.1. The van der Waals surface area contributed by atoms with Crippen LogP contribution in [-0.4, -0.2) is 25.0 Å². The van der Waals surface area contributed by atoms with Crippen molar-refractivity contribution in [2.45, 2.75) is 58.8 Å². The van der Waals surface area contributed by atoms with E-state index in [9.17, 15) is 9.59 Å². The van der Waals surface area contributed by atoms with Gasteiger partial charge in [-0.2, -0.15) is 0 Å². The van der Waals surface area contributed by atoms with E-state index in [4.69, 9.17) is 4.74 Å². The molecule has 0 saturated heterocycles. The Bertz CT molecular complexity index is 217. The van der Waals surface area contributed by atoms with E-state index < -0.39 is 0 Å². The molecule has 0 atom stereocenters. The molecule has 17 heavy (non-hydrogen) atoms. The van der Waals surface area contributed by atoms with E-state index in [1.165, 1.54) is 19.3 Å². The SMILES string of the molecule is CCCCCCCC(=O)NCCC(=O)OCC. The number of unbranched alkanes of at least 4 members (excludes halogenated alkanes) is 4. The maximum absolute atomic E-state index is 11.4. The standard InChI is InChI=1S/C13H25NO3/c1-3-5-6-7-8-9-12(15)14-11-10-13(16)17-4-2/h3-11H2,1-2H3,(H,14,15). The van der Waals surface area contributed by atoms with Crippen LogP contribution in [0.3, 0.4) is 0 Å². The van der Waals surface area contributed by atoms with Crippen LogP contribution < -0.4 is 5.32 Å². The number of carbonyl (C=O) groups is 2. The highest BCUT2D eigenvalue weighted by molar-refractivity contribution is 5.76. The third-order valence-electron chi connectivity index (χ3n) is 2.46. The molecule has 4 heteroatoms. The van der Waals surface area contributed by atoms with Gasteiger partial charge in [0.2, 0.25) is 5.91 Å². The van der Waals surface area contributed by atoms with Gasteiger partial charge in [-0.15, -0.1) is 0 Å². The molecule has 0 aliphatic heterocycles. The summed E-state index contributed by atoms with van der Waals surface area (Å²) in [6, 6.07) is 0. The van der Waals surface area contributed by atoms with Crippen molar-refractivity contribution in [3.05, 3.63) is 0 Å². The highest BCUT2D eigenvalue weighted by Crippen LogP contribution is 2.04. The molecule has 4 nitrogen and oxygen atoms in total. The number of esters is 1. The summed E-state index contributed by atoms with van der Waals surface area (Å²) in [7, 11) is 0. The highest BCUT2D eigenvalue weighted by atomic mass is 16.5. The van der Waals surface area contributed by atoms with E-state index >= 15 is 0 Å². The first-order chi connectivity index (χ1) is 8.20. The molecule has 0 fully saturated rings. The van der Waals surface area contributed by atoms with Gasteiger partial charge < -0.3 is 10.1 Å². The minimum absolute atomic E-state index is 0.0331. The summed E-state index contributed by atoms with van der Waals surface area (Å²) < 4.78 is 4.76. The van der Waals surface area contributed by atoms with E-state index in [1.807, 2.05) is 0 Å². The summed E-state index contributed by atoms with van der Waals surface area (Å²) in [4.78, 5) is 22.3. The van der Waals surface area contributed by atoms with E-state index in [0.29, 0.717) is 19.6 Å². The molecule has 1 amide bonds. The van der Waals surface area contributed by atoms with Gasteiger partial charge in [0.25, 0.3) is 0 Å². The Morgan fingerprint density at radius 1 is 1.00 bits per heavy atom. The summed E-state index contributed by atoms with van der Waals surface area (Å²) in [5.74, 6) is -0.221. The third kappa shape index (κ3) is 11.2. The molecule has 0 spiro atoms. The first-order valence-electron chi connectivity index (χ1n) is 6.63. The monoisotopic (exact) mass is 243 g/mol. The Morgan fingerprint density at radius 3 is 2.35 bits per heavy atom. The molecule has 0 aliphatic rings. The van der Waals surface area contributed by atoms with Gasteiger partial charge in [-0.05, 0) is 13.3 Å². The molecule has 0 aromatic rings. The van der Waals surface area contributed by atoms with Crippen LogP contribution in [0.15, 0.2) is 0 Å². The van der Waals surface area contributed by atoms with Gasteiger partial charge in [-0.25, -0.2) is 0 Å². The van der Waals surface area contributed by atoms with Gasteiger partial charge in [0.15, 0.2) is 0 Å². The van der Waals surface area contributed by atoms with Crippen molar-refractivity contribution in [3.8, 4) is 0 Å². The third-order valence-corrected chi connectivity index (χ3v) is 2.46. The molecule has 0 unspecified atom stereocenters. The Morgan fingerprint density at radius 2 is 1.71 bits per heavy atom. The van der Waals surface area contributed by atoms with Crippen molar-refractivity contribution < 1.29 is 14.3 Å². The van der Waals surface area contributed by atoms with E-state index in [1.54, 1.807) is 6.92 Å². The van der Waals surface area contributed by atoms with Gasteiger partial charge in [0.05, 0.1) is 13.0 Å². The number of rotatable bonds is 10. The Balaban J connectivity index is 3.31. The predicted molar refractivity (Wildman–Crippen MR) is 67.6 cm³/mol. The van der Waals surface area contributed by atoms with Gasteiger partial charge in [-0.1, -0.05) is 32.6 Å². The van der Waals surface area contributed by atoms with Gasteiger partial charge in [0, 0.05) is 13.0 Å². The summed E-state index contributed by atoms with van der Waals surface area (Å²) >= 11 is 0. The van der Waals surface area contributed by atoms with Crippen LogP contribution in [-0.2, 0) is 14.3 Å². The summed E-state index contributed by atoms with van der Waals surface area (Å²) in [5.41, 5.74) is 0. The van der Waals surface area contributed by atoms with Crippen LogP contribution in [0.4, 0.5) is 0 Å². The first-order valence-corrected chi connectivity index (χ1v) is 6.63. The van der Waals surface area contributed by atoms with Crippen LogP contribution in [0.1, 0.15) is 58.8 Å². The minimum atomic E-state index is -0.254. The molecule has 0 aromatic heterocycles. The summed E-state index contributed by atoms with van der Waals surface area (Å²) in [6.45, 7) is 4.71. The van der Waals surface area contributed by atoms with E-state index in [0.717, 1.165) is 12.8 Å². The Hall–Kier alpha value is -1.06. The molecule has 0 bridgehead atoms. The van der Waals surface area contributed by atoms with Crippen molar-refractivity contribution in [2.24, 2.45) is 0 Å². The van der Waals surface area contributed by atoms with Gasteiger partial charge >= 0.3 is 5.97 Å². The Labute approximate surface area is 104 Å². The lowest BCUT2D eigenvalue weighted by Crippen LogP contribution is -2.26. The van der Waals surface area contributed by atoms with Crippen LogP contribution >= 0.6 is 0 Å². The molecule has 0 saturated carbocycles. The van der Waals surface area contributed by atoms with Crippen LogP contribution in [0.25, 0.3) is 0 Å². The quantitative estimate of drug-likeness (QED) is 0.473. The highest BCUT2D eigenvalue weighted by Gasteiger charge is 2.04. The van der Waals surface area contributed by atoms with E-state index in [2.05, 4.69) is 12.2 Å². The molecule has 0 rings (SSSR count). The number of ether oxygens (including phenoxy) is 1. The van der Waals surface area contributed by atoms with Gasteiger partial charge in [0.1, 0.15) is 0 Å². The lowest BCUT2D eigenvalue weighted by atomic mass is 10.1. The van der Waals surface area contributed by atoms with Crippen molar-refractivity contribution in [1.82, 2.24) is 5.32 Å². The molecule has 0 heterocycles. The maximum atomic E-state index is 11.4. The van der Waals surface area contributed by atoms with Crippen LogP contribution in [0, 0.1) is 0 Å². The fraction of sp³-hybridized carbons (Fsp3) is 0.846. The average molecular weight is 243 g/mol. The van der Waals surface area contributed by atoms with Crippen molar-refractivity contribution in [3.63, 3.8) is 0 Å². The number of carbonyl (C=O) groups excluding carboxylic acids is 2. The zero-order chi connectivity index (χ0) is 12.9.